The second-order valence-electron chi connectivity index (χ2n) is 3.28. The van der Waals surface area contributed by atoms with Crippen molar-refractivity contribution in [3.63, 3.8) is 0 Å². The van der Waals surface area contributed by atoms with E-state index in [1.807, 2.05) is 20.0 Å². The van der Waals surface area contributed by atoms with E-state index in [4.69, 9.17) is 0 Å². The van der Waals surface area contributed by atoms with Gasteiger partial charge in [-0.3, -0.25) is 0 Å². The molecule has 0 fully saturated rings. The molecular weight excluding hydrogens is 165 g/mol. The number of hydrogen-bond donors (Lipinski definition) is 1. The highest BCUT2D eigenvalue weighted by Crippen LogP contribution is 2.11. The highest BCUT2D eigenvalue weighted by atomic mass is 19.1. The zero-order valence-electron chi connectivity index (χ0n) is 8.23. The largest absolute Gasteiger partial charge is 0.320 e. The summed E-state index contributed by atoms with van der Waals surface area (Å²) in [4.78, 5) is 0. The van der Waals surface area contributed by atoms with Gasteiger partial charge in [-0.2, -0.15) is 0 Å². The van der Waals surface area contributed by atoms with E-state index in [0.29, 0.717) is 0 Å². The molecule has 0 bridgehead atoms. The lowest BCUT2D eigenvalue weighted by atomic mass is 10.0. The standard InChI is InChI=1S/C11H16FN/c1-9-5-6-11(12)8-10(9)4-3-7-13-2/h5-6,8,13H,3-4,7H2,1-2H3. The second-order valence-corrected chi connectivity index (χ2v) is 3.28. The average molecular weight is 181 g/mol. The summed E-state index contributed by atoms with van der Waals surface area (Å²) in [5, 5.41) is 3.08. The molecule has 2 heteroatoms. The maximum Gasteiger partial charge on any atom is 0.123 e. The minimum absolute atomic E-state index is 0.134. The number of rotatable bonds is 4. The lowest BCUT2D eigenvalue weighted by Crippen LogP contribution is -2.08. The smallest absolute Gasteiger partial charge is 0.123 e. The van der Waals surface area contributed by atoms with Crippen LogP contribution in [-0.2, 0) is 6.42 Å². The maximum atomic E-state index is 12.8. The molecule has 1 rings (SSSR count). The van der Waals surface area contributed by atoms with Gasteiger partial charge in [0.15, 0.2) is 0 Å². The van der Waals surface area contributed by atoms with Gasteiger partial charge in [-0.25, -0.2) is 4.39 Å². The summed E-state index contributed by atoms with van der Waals surface area (Å²) in [6.07, 6.45) is 2.01. The maximum absolute atomic E-state index is 12.8. The highest BCUT2D eigenvalue weighted by molar-refractivity contribution is 5.26. The predicted octanol–water partition coefficient (Wildman–Crippen LogP) is 2.29. The summed E-state index contributed by atoms with van der Waals surface area (Å²) in [7, 11) is 1.93. The van der Waals surface area contributed by atoms with Gasteiger partial charge < -0.3 is 5.32 Å². The molecule has 0 saturated carbocycles. The van der Waals surface area contributed by atoms with E-state index < -0.39 is 0 Å². The van der Waals surface area contributed by atoms with Gasteiger partial charge in [0.25, 0.3) is 0 Å². The molecule has 1 aromatic carbocycles. The Kier molecular flexibility index (Phi) is 3.90. The molecule has 0 heterocycles. The summed E-state index contributed by atoms with van der Waals surface area (Å²) in [5.74, 6) is -0.134. The molecule has 0 radical (unpaired) electrons. The zero-order valence-corrected chi connectivity index (χ0v) is 8.23. The fourth-order valence-corrected chi connectivity index (χ4v) is 1.36. The quantitative estimate of drug-likeness (QED) is 0.703. The Labute approximate surface area is 79.0 Å². The SMILES string of the molecule is CNCCCc1cc(F)ccc1C. The summed E-state index contributed by atoms with van der Waals surface area (Å²) in [6, 6.07) is 4.98. The van der Waals surface area contributed by atoms with E-state index in [2.05, 4.69) is 5.32 Å². The Hall–Kier alpha value is -0.890. The topological polar surface area (TPSA) is 12.0 Å². The van der Waals surface area contributed by atoms with Crippen LogP contribution in [0.3, 0.4) is 0 Å². The molecule has 0 spiro atoms. The molecule has 0 aliphatic carbocycles. The van der Waals surface area contributed by atoms with Crippen LogP contribution in [0.4, 0.5) is 4.39 Å². The normalized spacial score (nSPS) is 10.4. The molecular formula is C11H16FN. The van der Waals surface area contributed by atoms with Gasteiger partial charge in [-0.1, -0.05) is 6.07 Å². The van der Waals surface area contributed by atoms with E-state index in [1.165, 1.54) is 11.6 Å². The molecule has 13 heavy (non-hydrogen) atoms. The van der Waals surface area contributed by atoms with Gasteiger partial charge in [-0.15, -0.1) is 0 Å². The summed E-state index contributed by atoms with van der Waals surface area (Å²) in [6.45, 7) is 3.00. The van der Waals surface area contributed by atoms with Crippen LogP contribution < -0.4 is 5.32 Å². The number of halogens is 1. The summed E-state index contributed by atoms with van der Waals surface area (Å²) >= 11 is 0. The van der Waals surface area contributed by atoms with Gasteiger partial charge in [0.05, 0.1) is 0 Å². The minimum Gasteiger partial charge on any atom is -0.320 e. The zero-order chi connectivity index (χ0) is 9.68. The fraction of sp³-hybridized carbons (Fsp3) is 0.455. The van der Waals surface area contributed by atoms with Crippen LogP contribution in [0, 0.1) is 12.7 Å². The van der Waals surface area contributed by atoms with Crippen LogP contribution in [0.25, 0.3) is 0 Å². The van der Waals surface area contributed by atoms with Crippen LogP contribution in [0.5, 0.6) is 0 Å². The first-order valence-corrected chi connectivity index (χ1v) is 4.63. The first-order valence-electron chi connectivity index (χ1n) is 4.63. The van der Waals surface area contributed by atoms with Crippen molar-refractivity contribution in [1.82, 2.24) is 5.32 Å². The number of hydrogen-bond acceptors (Lipinski definition) is 1. The monoisotopic (exact) mass is 181 g/mol. The summed E-state index contributed by atoms with van der Waals surface area (Å²) in [5.41, 5.74) is 2.30. The third kappa shape index (κ3) is 3.15. The molecule has 0 amide bonds. The van der Waals surface area contributed by atoms with Gasteiger partial charge in [-0.05, 0) is 56.6 Å². The van der Waals surface area contributed by atoms with Crippen LogP contribution in [0.1, 0.15) is 17.5 Å². The molecule has 0 aliphatic rings. The van der Waals surface area contributed by atoms with Crippen molar-refractivity contribution in [3.8, 4) is 0 Å². The van der Waals surface area contributed by atoms with Crippen molar-refractivity contribution in [3.05, 3.63) is 35.1 Å². The number of aryl methyl sites for hydroxylation is 2. The highest BCUT2D eigenvalue weighted by Gasteiger charge is 1.99. The predicted molar refractivity (Wildman–Crippen MR) is 53.4 cm³/mol. The Morgan fingerprint density at radius 3 is 2.85 bits per heavy atom. The van der Waals surface area contributed by atoms with Gasteiger partial charge in [0.1, 0.15) is 5.82 Å². The van der Waals surface area contributed by atoms with Crippen molar-refractivity contribution in [2.75, 3.05) is 13.6 Å². The second kappa shape index (κ2) is 4.97. The Balaban J connectivity index is 2.59. The first-order chi connectivity index (χ1) is 6.24. The van der Waals surface area contributed by atoms with E-state index in [1.54, 1.807) is 6.07 Å². The third-order valence-electron chi connectivity index (χ3n) is 2.18. The van der Waals surface area contributed by atoms with Crippen molar-refractivity contribution in [1.29, 1.82) is 0 Å². The lowest BCUT2D eigenvalue weighted by molar-refractivity contribution is 0.622. The molecule has 0 aromatic heterocycles. The van der Waals surface area contributed by atoms with Crippen molar-refractivity contribution >= 4 is 0 Å². The van der Waals surface area contributed by atoms with E-state index in [9.17, 15) is 4.39 Å². The van der Waals surface area contributed by atoms with E-state index in [0.717, 1.165) is 24.9 Å². The first kappa shape index (κ1) is 10.2. The van der Waals surface area contributed by atoms with Crippen molar-refractivity contribution < 1.29 is 4.39 Å². The Bertz CT molecular complexity index is 271. The molecule has 1 nitrogen and oxygen atoms in total. The van der Waals surface area contributed by atoms with Gasteiger partial charge in [0.2, 0.25) is 0 Å². The van der Waals surface area contributed by atoms with Crippen LogP contribution in [0.2, 0.25) is 0 Å². The van der Waals surface area contributed by atoms with Gasteiger partial charge >= 0.3 is 0 Å². The average Bonchev–Trinajstić information content (AvgIpc) is 2.11. The van der Waals surface area contributed by atoms with Crippen molar-refractivity contribution in [2.24, 2.45) is 0 Å². The Morgan fingerprint density at radius 2 is 2.15 bits per heavy atom. The number of benzene rings is 1. The van der Waals surface area contributed by atoms with Crippen LogP contribution in [-0.4, -0.2) is 13.6 Å². The van der Waals surface area contributed by atoms with Crippen LogP contribution in [0.15, 0.2) is 18.2 Å². The molecule has 0 atom stereocenters. The lowest BCUT2D eigenvalue weighted by Gasteiger charge is -2.05. The third-order valence-corrected chi connectivity index (χ3v) is 2.18. The summed E-state index contributed by atoms with van der Waals surface area (Å²) < 4.78 is 12.8. The van der Waals surface area contributed by atoms with Crippen LogP contribution >= 0.6 is 0 Å². The Morgan fingerprint density at radius 1 is 1.38 bits per heavy atom. The molecule has 0 saturated heterocycles. The molecule has 72 valence electrons. The molecule has 1 N–H and O–H groups in total. The van der Waals surface area contributed by atoms with Gasteiger partial charge in [0, 0.05) is 0 Å². The van der Waals surface area contributed by atoms with E-state index in [-0.39, 0.29) is 5.82 Å². The minimum atomic E-state index is -0.134. The molecule has 0 aliphatic heterocycles. The molecule has 0 unspecified atom stereocenters. The fourth-order valence-electron chi connectivity index (χ4n) is 1.36. The van der Waals surface area contributed by atoms with E-state index >= 15 is 0 Å². The van der Waals surface area contributed by atoms with Crippen molar-refractivity contribution in [2.45, 2.75) is 19.8 Å². The molecule has 1 aromatic rings. The number of nitrogens with one attached hydrogen (secondary N) is 1.